The second-order valence-electron chi connectivity index (χ2n) is 9.08. The van der Waals surface area contributed by atoms with E-state index in [9.17, 15) is 0 Å². The lowest BCUT2D eigenvalue weighted by Gasteiger charge is -2.39. The Morgan fingerprint density at radius 2 is 1.75 bits per heavy atom. The zero-order valence-corrected chi connectivity index (χ0v) is 19.6. The van der Waals surface area contributed by atoms with Crippen molar-refractivity contribution in [2.75, 3.05) is 19.6 Å². The van der Waals surface area contributed by atoms with Crippen LogP contribution in [-0.2, 0) is 6.54 Å². The third kappa shape index (κ3) is 4.80. The highest BCUT2D eigenvalue weighted by atomic mass is 32.1. The molecule has 2 nitrogen and oxygen atoms in total. The second kappa shape index (κ2) is 9.99. The lowest BCUT2D eigenvalue weighted by atomic mass is 9.80. The third-order valence-electron chi connectivity index (χ3n) is 6.98. The first-order valence-electron chi connectivity index (χ1n) is 11.8. The van der Waals surface area contributed by atoms with E-state index in [0.29, 0.717) is 17.9 Å². The SMILES string of the molecule is C[C@@H](NCC1CN(Cc2cccs2)CCC1c1ccccc1)c1cccc2ccccc12. The van der Waals surface area contributed by atoms with E-state index in [-0.39, 0.29) is 0 Å². The van der Waals surface area contributed by atoms with Crippen LogP contribution in [-0.4, -0.2) is 24.5 Å². The predicted octanol–water partition coefficient (Wildman–Crippen LogP) is 6.86. The van der Waals surface area contributed by atoms with E-state index in [1.165, 1.54) is 39.7 Å². The van der Waals surface area contributed by atoms with Crippen LogP contribution in [0, 0.1) is 5.92 Å². The summed E-state index contributed by atoms with van der Waals surface area (Å²) < 4.78 is 0. The van der Waals surface area contributed by atoms with Gasteiger partial charge < -0.3 is 5.32 Å². The van der Waals surface area contributed by atoms with Gasteiger partial charge in [0.1, 0.15) is 0 Å². The minimum absolute atomic E-state index is 0.324. The zero-order valence-electron chi connectivity index (χ0n) is 18.8. The van der Waals surface area contributed by atoms with Gasteiger partial charge in [0.25, 0.3) is 0 Å². The Labute approximate surface area is 195 Å². The van der Waals surface area contributed by atoms with Gasteiger partial charge in [-0.15, -0.1) is 11.3 Å². The number of rotatable bonds is 7. The van der Waals surface area contributed by atoms with Crippen LogP contribution in [0.3, 0.4) is 0 Å². The summed E-state index contributed by atoms with van der Waals surface area (Å²) in [5.74, 6) is 1.21. The van der Waals surface area contributed by atoms with Gasteiger partial charge in [-0.05, 0) is 65.1 Å². The largest absolute Gasteiger partial charge is 0.310 e. The first-order valence-corrected chi connectivity index (χ1v) is 12.7. The Morgan fingerprint density at radius 3 is 2.59 bits per heavy atom. The van der Waals surface area contributed by atoms with E-state index in [4.69, 9.17) is 0 Å². The highest BCUT2D eigenvalue weighted by Crippen LogP contribution is 2.34. The maximum absolute atomic E-state index is 3.92. The van der Waals surface area contributed by atoms with Crippen LogP contribution in [0.4, 0.5) is 0 Å². The molecule has 164 valence electrons. The maximum atomic E-state index is 3.92. The highest BCUT2D eigenvalue weighted by Gasteiger charge is 2.30. The van der Waals surface area contributed by atoms with Crippen LogP contribution in [0.5, 0.6) is 0 Å². The average Bonchev–Trinajstić information content (AvgIpc) is 3.36. The fourth-order valence-electron chi connectivity index (χ4n) is 5.29. The molecule has 3 heteroatoms. The molecule has 32 heavy (non-hydrogen) atoms. The van der Waals surface area contributed by atoms with E-state index in [0.717, 1.165) is 19.6 Å². The van der Waals surface area contributed by atoms with Gasteiger partial charge in [-0.2, -0.15) is 0 Å². The number of hydrogen-bond donors (Lipinski definition) is 1. The van der Waals surface area contributed by atoms with E-state index in [1.54, 1.807) is 0 Å². The summed E-state index contributed by atoms with van der Waals surface area (Å²) >= 11 is 1.87. The zero-order chi connectivity index (χ0) is 21.8. The number of fused-ring (bicyclic) bond motifs is 1. The summed E-state index contributed by atoms with van der Waals surface area (Å²) in [4.78, 5) is 4.12. The van der Waals surface area contributed by atoms with Crippen molar-refractivity contribution in [1.29, 1.82) is 0 Å². The van der Waals surface area contributed by atoms with Crippen molar-refractivity contribution >= 4 is 22.1 Å². The molecular formula is C29H32N2S. The van der Waals surface area contributed by atoms with Crippen molar-refractivity contribution in [3.8, 4) is 0 Å². The molecule has 3 aromatic carbocycles. The summed E-state index contributed by atoms with van der Waals surface area (Å²) in [6.07, 6.45) is 1.23. The van der Waals surface area contributed by atoms with Gasteiger partial charge >= 0.3 is 0 Å². The minimum Gasteiger partial charge on any atom is -0.310 e. The van der Waals surface area contributed by atoms with E-state index < -0.39 is 0 Å². The molecule has 1 aromatic heterocycles. The van der Waals surface area contributed by atoms with Crippen LogP contribution >= 0.6 is 11.3 Å². The van der Waals surface area contributed by atoms with Crippen LogP contribution in [0.15, 0.2) is 90.3 Å². The number of benzene rings is 3. The Bertz CT molecular complexity index is 1120. The number of hydrogen-bond acceptors (Lipinski definition) is 3. The molecule has 1 fully saturated rings. The molecule has 0 saturated carbocycles. The van der Waals surface area contributed by atoms with Crippen molar-refractivity contribution < 1.29 is 0 Å². The van der Waals surface area contributed by atoms with Crippen molar-refractivity contribution in [2.45, 2.75) is 31.8 Å². The normalized spacial score (nSPS) is 20.4. The number of thiophene rings is 1. The van der Waals surface area contributed by atoms with Crippen LogP contribution < -0.4 is 5.32 Å². The topological polar surface area (TPSA) is 15.3 Å². The van der Waals surface area contributed by atoms with Crippen molar-refractivity contribution in [3.63, 3.8) is 0 Å². The summed E-state index contributed by atoms with van der Waals surface area (Å²) in [6, 6.07) is 31.3. The molecule has 0 spiro atoms. The Hall–Kier alpha value is -2.46. The molecule has 1 saturated heterocycles. The molecule has 0 amide bonds. The fraction of sp³-hybridized carbons (Fsp3) is 0.310. The Morgan fingerprint density at radius 1 is 0.938 bits per heavy atom. The maximum Gasteiger partial charge on any atom is 0.0328 e. The van der Waals surface area contributed by atoms with Gasteiger partial charge in [-0.1, -0.05) is 78.9 Å². The number of likely N-dealkylation sites (tertiary alicyclic amines) is 1. The van der Waals surface area contributed by atoms with Gasteiger partial charge in [0, 0.05) is 30.6 Å². The van der Waals surface area contributed by atoms with Crippen molar-refractivity contribution in [2.24, 2.45) is 5.92 Å². The molecule has 5 rings (SSSR count). The molecule has 1 aliphatic heterocycles. The Balaban J connectivity index is 1.32. The average molecular weight is 441 g/mol. The summed E-state index contributed by atoms with van der Waals surface area (Å²) in [5.41, 5.74) is 2.89. The molecule has 3 atom stereocenters. The van der Waals surface area contributed by atoms with Gasteiger partial charge in [-0.25, -0.2) is 0 Å². The molecule has 1 N–H and O–H groups in total. The fourth-order valence-corrected chi connectivity index (χ4v) is 6.03. The molecular weight excluding hydrogens is 408 g/mol. The van der Waals surface area contributed by atoms with Gasteiger partial charge in [-0.3, -0.25) is 4.90 Å². The smallest absolute Gasteiger partial charge is 0.0328 e. The first-order chi connectivity index (χ1) is 15.8. The Kier molecular flexibility index (Phi) is 6.68. The highest BCUT2D eigenvalue weighted by molar-refractivity contribution is 7.09. The molecule has 2 unspecified atom stereocenters. The number of piperidine rings is 1. The molecule has 4 aromatic rings. The molecule has 0 bridgehead atoms. The second-order valence-corrected chi connectivity index (χ2v) is 10.1. The molecule has 2 heterocycles. The van der Waals surface area contributed by atoms with Gasteiger partial charge in [0.2, 0.25) is 0 Å². The van der Waals surface area contributed by atoms with Crippen molar-refractivity contribution in [3.05, 3.63) is 106 Å². The first kappa shape index (κ1) is 21.4. The van der Waals surface area contributed by atoms with Crippen LogP contribution in [0.1, 0.15) is 41.3 Å². The monoisotopic (exact) mass is 440 g/mol. The lowest BCUT2D eigenvalue weighted by molar-refractivity contribution is 0.144. The van der Waals surface area contributed by atoms with E-state index in [2.05, 4.69) is 107 Å². The van der Waals surface area contributed by atoms with E-state index in [1.807, 2.05) is 11.3 Å². The van der Waals surface area contributed by atoms with Gasteiger partial charge in [0.15, 0.2) is 0 Å². The number of nitrogens with zero attached hydrogens (tertiary/aromatic N) is 1. The molecule has 0 aliphatic carbocycles. The van der Waals surface area contributed by atoms with Crippen molar-refractivity contribution in [1.82, 2.24) is 10.2 Å². The summed E-state index contributed by atoms with van der Waals surface area (Å²) in [5, 5.41) is 8.79. The third-order valence-corrected chi connectivity index (χ3v) is 7.84. The molecule has 1 aliphatic rings. The standard InChI is InChI=1S/C29H32N2S/c1-22(27-15-7-12-24-11-5-6-14-29(24)27)30-19-25-20-31(21-26-13-8-18-32-26)17-16-28(25)23-9-3-2-4-10-23/h2-15,18,22,25,28,30H,16-17,19-21H2,1H3/t22-,25?,28?/m1/s1. The van der Waals surface area contributed by atoms with Crippen LogP contribution in [0.25, 0.3) is 10.8 Å². The quantitative estimate of drug-likeness (QED) is 0.338. The molecule has 0 radical (unpaired) electrons. The lowest BCUT2D eigenvalue weighted by Crippen LogP contribution is -2.43. The van der Waals surface area contributed by atoms with Gasteiger partial charge in [0.05, 0.1) is 0 Å². The summed E-state index contributed by atoms with van der Waals surface area (Å²) in [6.45, 7) is 6.74. The minimum atomic E-state index is 0.324. The van der Waals surface area contributed by atoms with Crippen LogP contribution in [0.2, 0.25) is 0 Å². The van der Waals surface area contributed by atoms with E-state index >= 15 is 0 Å². The number of nitrogens with one attached hydrogen (secondary N) is 1. The predicted molar refractivity (Wildman–Crippen MR) is 137 cm³/mol. The summed E-state index contributed by atoms with van der Waals surface area (Å²) in [7, 11) is 0.